The van der Waals surface area contributed by atoms with Gasteiger partial charge in [-0.05, 0) is 12.3 Å². The molecular weight excluding hydrogens is 232 g/mol. The first-order valence-electron chi connectivity index (χ1n) is 6.14. The van der Waals surface area contributed by atoms with Crippen LogP contribution in [0.15, 0.2) is 6.20 Å². The Morgan fingerprint density at radius 1 is 1.50 bits per heavy atom. The van der Waals surface area contributed by atoms with Gasteiger partial charge in [0.15, 0.2) is 5.82 Å². The lowest BCUT2D eigenvalue weighted by Crippen LogP contribution is -2.13. The second kappa shape index (κ2) is 6.44. The van der Waals surface area contributed by atoms with Gasteiger partial charge in [-0.2, -0.15) is 0 Å². The van der Waals surface area contributed by atoms with Gasteiger partial charge in [0, 0.05) is 13.3 Å². The number of carbonyl (C=O) groups is 1. The van der Waals surface area contributed by atoms with E-state index < -0.39 is 5.97 Å². The fourth-order valence-electron chi connectivity index (χ4n) is 1.78. The van der Waals surface area contributed by atoms with Crippen LogP contribution >= 0.6 is 0 Å². The van der Waals surface area contributed by atoms with Gasteiger partial charge >= 0.3 is 5.97 Å². The fourth-order valence-corrected chi connectivity index (χ4v) is 1.78. The van der Waals surface area contributed by atoms with Crippen molar-refractivity contribution in [2.75, 3.05) is 7.11 Å². The molecule has 100 valence electrons. The minimum Gasteiger partial charge on any atom is -0.478 e. The molecule has 1 N–H and O–H groups in total. The van der Waals surface area contributed by atoms with Crippen LogP contribution in [0.1, 0.15) is 67.5 Å². The molecule has 1 unspecified atom stereocenters. The topological polar surface area (TPSA) is 72.3 Å². The van der Waals surface area contributed by atoms with E-state index in [4.69, 9.17) is 9.84 Å². The normalized spacial score (nSPS) is 12.7. The zero-order chi connectivity index (χ0) is 13.7. The molecule has 0 aliphatic rings. The van der Waals surface area contributed by atoms with Crippen molar-refractivity contribution in [3.63, 3.8) is 0 Å². The summed E-state index contributed by atoms with van der Waals surface area (Å²) in [6.07, 6.45) is 2.98. The second-order valence-corrected chi connectivity index (χ2v) is 4.50. The van der Waals surface area contributed by atoms with E-state index >= 15 is 0 Å². The largest absolute Gasteiger partial charge is 0.478 e. The molecule has 0 saturated carbocycles. The van der Waals surface area contributed by atoms with E-state index in [1.807, 2.05) is 13.8 Å². The lowest BCUT2D eigenvalue weighted by molar-refractivity contribution is 0.0691. The number of carboxylic acids is 1. The van der Waals surface area contributed by atoms with Crippen molar-refractivity contribution < 1.29 is 14.6 Å². The van der Waals surface area contributed by atoms with Crippen molar-refractivity contribution in [3.05, 3.63) is 23.3 Å². The highest BCUT2D eigenvalue weighted by Crippen LogP contribution is 2.22. The highest BCUT2D eigenvalue weighted by Gasteiger charge is 2.20. The SMILES string of the molecule is CCCC(OC)c1ncc(C(=O)O)c(C(C)C)n1. The van der Waals surface area contributed by atoms with Crippen LogP contribution in [0.25, 0.3) is 0 Å². The summed E-state index contributed by atoms with van der Waals surface area (Å²) < 4.78 is 5.34. The Hall–Kier alpha value is -1.49. The molecule has 0 bridgehead atoms. The Morgan fingerprint density at radius 3 is 2.61 bits per heavy atom. The van der Waals surface area contributed by atoms with E-state index in [1.165, 1.54) is 6.20 Å². The number of aromatic carboxylic acids is 1. The van der Waals surface area contributed by atoms with Crippen LogP contribution in [0.3, 0.4) is 0 Å². The maximum absolute atomic E-state index is 11.1. The van der Waals surface area contributed by atoms with Crippen LogP contribution in [0.4, 0.5) is 0 Å². The minimum atomic E-state index is -0.991. The van der Waals surface area contributed by atoms with E-state index in [0.717, 1.165) is 12.8 Å². The average molecular weight is 252 g/mol. The molecule has 0 aliphatic heterocycles. The summed E-state index contributed by atoms with van der Waals surface area (Å²) in [6.45, 7) is 5.89. The number of rotatable bonds is 6. The third-order valence-electron chi connectivity index (χ3n) is 2.74. The molecule has 0 aliphatic carbocycles. The van der Waals surface area contributed by atoms with E-state index in [1.54, 1.807) is 7.11 Å². The summed E-state index contributed by atoms with van der Waals surface area (Å²) in [5, 5.41) is 9.09. The predicted octanol–water partition coefficient (Wildman–Crippen LogP) is 2.79. The van der Waals surface area contributed by atoms with Gasteiger partial charge in [0.1, 0.15) is 6.10 Å². The number of hydrogen-bond donors (Lipinski definition) is 1. The van der Waals surface area contributed by atoms with Gasteiger partial charge in [0.25, 0.3) is 0 Å². The molecule has 0 fully saturated rings. The summed E-state index contributed by atoms with van der Waals surface area (Å²) in [6, 6.07) is 0. The van der Waals surface area contributed by atoms with E-state index in [9.17, 15) is 4.79 Å². The van der Waals surface area contributed by atoms with Crippen LogP contribution < -0.4 is 0 Å². The summed E-state index contributed by atoms with van der Waals surface area (Å²) in [4.78, 5) is 19.6. The Morgan fingerprint density at radius 2 is 2.17 bits per heavy atom. The van der Waals surface area contributed by atoms with Crippen molar-refractivity contribution in [3.8, 4) is 0 Å². The third-order valence-corrected chi connectivity index (χ3v) is 2.74. The van der Waals surface area contributed by atoms with Crippen molar-refractivity contribution in [1.82, 2.24) is 9.97 Å². The van der Waals surface area contributed by atoms with Crippen molar-refractivity contribution >= 4 is 5.97 Å². The Bertz CT molecular complexity index is 419. The molecule has 0 saturated heterocycles. The molecule has 1 heterocycles. The number of ether oxygens (including phenoxy) is 1. The molecule has 18 heavy (non-hydrogen) atoms. The number of methoxy groups -OCH3 is 1. The highest BCUT2D eigenvalue weighted by molar-refractivity contribution is 5.88. The van der Waals surface area contributed by atoms with Gasteiger partial charge in [-0.1, -0.05) is 27.2 Å². The van der Waals surface area contributed by atoms with Gasteiger partial charge in [0.2, 0.25) is 0 Å². The first-order chi connectivity index (χ1) is 8.51. The van der Waals surface area contributed by atoms with E-state index in [2.05, 4.69) is 16.9 Å². The van der Waals surface area contributed by atoms with Crippen LogP contribution in [0.5, 0.6) is 0 Å². The third kappa shape index (κ3) is 3.26. The van der Waals surface area contributed by atoms with Gasteiger partial charge in [-0.15, -0.1) is 0 Å². The van der Waals surface area contributed by atoms with E-state index in [-0.39, 0.29) is 17.6 Å². The molecule has 1 atom stereocenters. The molecule has 0 aromatic carbocycles. The molecule has 0 amide bonds. The molecule has 1 aromatic rings. The minimum absolute atomic E-state index is 0.0389. The van der Waals surface area contributed by atoms with Gasteiger partial charge in [0.05, 0.1) is 11.3 Å². The van der Waals surface area contributed by atoms with Gasteiger partial charge in [-0.25, -0.2) is 14.8 Å². The summed E-state index contributed by atoms with van der Waals surface area (Å²) in [5.74, 6) is -0.389. The first kappa shape index (κ1) is 14.6. The number of aromatic nitrogens is 2. The average Bonchev–Trinajstić information content (AvgIpc) is 2.35. The monoisotopic (exact) mass is 252 g/mol. The summed E-state index contributed by atoms with van der Waals surface area (Å²) >= 11 is 0. The summed E-state index contributed by atoms with van der Waals surface area (Å²) in [5.41, 5.74) is 0.728. The number of nitrogens with zero attached hydrogens (tertiary/aromatic N) is 2. The molecule has 5 nitrogen and oxygen atoms in total. The predicted molar refractivity (Wildman–Crippen MR) is 67.7 cm³/mol. The maximum atomic E-state index is 11.1. The zero-order valence-electron chi connectivity index (χ0n) is 11.3. The highest BCUT2D eigenvalue weighted by atomic mass is 16.5. The smallest absolute Gasteiger partial charge is 0.339 e. The fraction of sp³-hybridized carbons (Fsp3) is 0.615. The molecule has 1 aromatic heterocycles. The van der Waals surface area contributed by atoms with E-state index in [0.29, 0.717) is 11.5 Å². The first-order valence-corrected chi connectivity index (χ1v) is 6.14. The Labute approximate surface area is 107 Å². The lowest BCUT2D eigenvalue weighted by Gasteiger charge is -2.16. The van der Waals surface area contributed by atoms with Crippen molar-refractivity contribution in [2.45, 2.75) is 45.6 Å². The summed E-state index contributed by atoms with van der Waals surface area (Å²) in [7, 11) is 1.61. The van der Waals surface area contributed by atoms with Crippen LogP contribution in [0, 0.1) is 0 Å². The van der Waals surface area contributed by atoms with Crippen LogP contribution in [0.2, 0.25) is 0 Å². The Kier molecular flexibility index (Phi) is 5.22. The molecule has 5 heteroatoms. The van der Waals surface area contributed by atoms with Gasteiger partial charge in [-0.3, -0.25) is 0 Å². The maximum Gasteiger partial charge on any atom is 0.339 e. The second-order valence-electron chi connectivity index (χ2n) is 4.50. The molecule has 1 rings (SSSR count). The van der Waals surface area contributed by atoms with Crippen LogP contribution in [-0.2, 0) is 4.74 Å². The molecule has 0 spiro atoms. The van der Waals surface area contributed by atoms with Crippen molar-refractivity contribution in [2.24, 2.45) is 0 Å². The lowest BCUT2D eigenvalue weighted by atomic mass is 10.0. The molecular formula is C13H20N2O3. The van der Waals surface area contributed by atoms with Crippen molar-refractivity contribution in [1.29, 1.82) is 0 Å². The number of carboxylic acid groups (broad SMARTS) is 1. The van der Waals surface area contributed by atoms with Crippen LogP contribution in [-0.4, -0.2) is 28.2 Å². The Balaban J connectivity index is 3.17. The molecule has 0 radical (unpaired) electrons. The zero-order valence-corrected chi connectivity index (χ0v) is 11.3. The standard InChI is InChI=1S/C13H20N2O3/c1-5-6-10(18-4)12-14-7-9(13(16)17)11(15-12)8(2)3/h7-8,10H,5-6H2,1-4H3,(H,16,17). The number of hydrogen-bond acceptors (Lipinski definition) is 4. The quantitative estimate of drug-likeness (QED) is 0.842. The van der Waals surface area contributed by atoms with Gasteiger partial charge < -0.3 is 9.84 Å².